The summed E-state index contributed by atoms with van der Waals surface area (Å²) in [6, 6.07) is -0.474. The van der Waals surface area contributed by atoms with Crippen molar-refractivity contribution in [1.29, 1.82) is 0 Å². The lowest BCUT2D eigenvalue weighted by atomic mass is 9.89. The molecule has 5 heteroatoms. The molecule has 1 amide bonds. The molecule has 122 valence electrons. The van der Waals surface area contributed by atoms with Crippen LogP contribution in [0.2, 0.25) is 0 Å². The van der Waals surface area contributed by atoms with Crippen LogP contribution in [0.25, 0.3) is 0 Å². The second kappa shape index (κ2) is 8.90. The van der Waals surface area contributed by atoms with E-state index in [1.54, 1.807) is 7.05 Å². The summed E-state index contributed by atoms with van der Waals surface area (Å²) in [4.78, 5) is 24.7. The zero-order valence-corrected chi connectivity index (χ0v) is 13.8. The molecule has 0 N–H and O–H groups in total. The van der Waals surface area contributed by atoms with Crippen molar-refractivity contribution in [2.45, 2.75) is 71.4 Å². The van der Waals surface area contributed by atoms with Crippen molar-refractivity contribution in [2.75, 3.05) is 13.7 Å². The van der Waals surface area contributed by atoms with E-state index >= 15 is 0 Å². The van der Waals surface area contributed by atoms with Crippen LogP contribution >= 0.6 is 0 Å². The molecule has 1 aliphatic carbocycles. The van der Waals surface area contributed by atoms with E-state index in [2.05, 4.69) is 20.8 Å². The van der Waals surface area contributed by atoms with E-state index in [1.807, 2.05) is 0 Å². The van der Waals surface area contributed by atoms with Crippen molar-refractivity contribution < 1.29 is 19.1 Å². The first-order chi connectivity index (χ1) is 9.99. The summed E-state index contributed by atoms with van der Waals surface area (Å²) in [6.07, 6.45) is 5.57. The summed E-state index contributed by atoms with van der Waals surface area (Å²) >= 11 is 0. The molecule has 0 radical (unpaired) electrons. The Morgan fingerprint density at radius 2 is 2.00 bits per heavy atom. The molecule has 2 fully saturated rings. The van der Waals surface area contributed by atoms with Gasteiger partial charge in [-0.3, -0.25) is 4.90 Å². The molecule has 1 saturated carbocycles. The average molecular weight is 299 g/mol. The van der Waals surface area contributed by atoms with Gasteiger partial charge >= 0.3 is 12.1 Å². The summed E-state index contributed by atoms with van der Waals surface area (Å²) in [5, 5.41) is 0. The highest BCUT2D eigenvalue weighted by Gasteiger charge is 2.34. The third kappa shape index (κ3) is 5.56. The van der Waals surface area contributed by atoms with Crippen LogP contribution in [-0.4, -0.2) is 42.8 Å². The number of ether oxygens (including phenoxy) is 2. The standard InChI is InChI=1S/C13H21NO4.C3H8/c1-9-4-3-5-10(8-9)18-13(16)14(2)11-6-7-17-12(11)15;1-3-2/h9-11H,3-8H2,1-2H3;3H2,1-2H3. The van der Waals surface area contributed by atoms with E-state index in [0.29, 0.717) is 18.9 Å². The fourth-order valence-corrected chi connectivity index (χ4v) is 2.68. The molecule has 5 nitrogen and oxygen atoms in total. The van der Waals surface area contributed by atoms with E-state index in [-0.39, 0.29) is 12.1 Å². The lowest BCUT2D eigenvalue weighted by molar-refractivity contribution is -0.141. The van der Waals surface area contributed by atoms with Gasteiger partial charge in [-0.2, -0.15) is 0 Å². The smallest absolute Gasteiger partial charge is 0.410 e. The second-order valence-electron chi connectivity index (χ2n) is 6.07. The number of hydrogen-bond donors (Lipinski definition) is 0. The minimum atomic E-state index is -0.474. The zero-order chi connectivity index (χ0) is 15.8. The van der Waals surface area contributed by atoms with Crippen LogP contribution in [0.15, 0.2) is 0 Å². The number of hydrogen-bond acceptors (Lipinski definition) is 4. The quantitative estimate of drug-likeness (QED) is 0.734. The molecule has 0 aromatic rings. The number of rotatable bonds is 2. The van der Waals surface area contributed by atoms with Gasteiger partial charge in [0.25, 0.3) is 0 Å². The second-order valence-corrected chi connectivity index (χ2v) is 6.07. The molecule has 2 rings (SSSR count). The number of likely N-dealkylation sites (N-methyl/N-ethyl adjacent to an activating group) is 1. The first kappa shape index (κ1) is 17.8. The summed E-state index contributed by atoms with van der Waals surface area (Å²) in [5.41, 5.74) is 0. The molecular formula is C16H29NO4. The number of nitrogens with zero attached hydrogens (tertiary/aromatic N) is 1. The largest absolute Gasteiger partial charge is 0.464 e. The highest BCUT2D eigenvalue weighted by molar-refractivity contribution is 5.82. The van der Waals surface area contributed by atoms with Crippen LogP contribution in [0.4, 0.5) is 4.79 Å². The maximum atomic E-state index is 11.9. The number of cyclic esters (lactones) is 1. The summed E-state index contributed by atoms with van der Waals surface area (Å²) < 4.78 is 10.3. The van der Waals surface area contributed by atoms with Gasteiger partial charge in [0.1, 0.15) is 12.1 Å². The van der Waals surface area contributed by atoms with Gasteiger partial charge in [-0.15, -0.1) is 0 Å². The Morgan fingerprint density at radius 3 is 2.52 bits per heavy atom. The van der Waals surface area contributed by atoms with E-state index < -0.39 is 12.1 Å². The van der Waals surface area contributed by atoms with Gasteiger partial charge < -0.3 is 9.47 Å². The molecule has 0 spiro atoms. The van der Waals surface area contributed by atoms with Crippen molar-refractivity contribution in [1.82, 2.24) is 4.90 Å². The summed E-state index contributed by atoms with van der Waals surface area (Å²) in [7, 11) is 1.60. The summed E-state index contributed by atoms with van der Waals surface area (Å²) in [6.45, 7) is 6.82. The van der Waals surface area contributed by atoms with Crippen LogP contribution in [0.5, 0.6) is 0 Å². The molecule has 1 saturated heterocycles. The van der Waals surface area contributed by atoms with Crippen LogP contribution in [0.3, 0.4) is 0 Å². The fraction of sp³-hybridized carbons (Fsp3) is 0.875. The van der Waals surface area contributed by atoms with Crippen molar-refractivity contribution >= 4 is 12.1 Å². The molecule has 21 heavy (non-hydrogen) atoms. The van der Waals surface area contributed by atoms with E-state index in [1.165, 1.54) is 17.7 Å². The van der Waals surface area contributed by atoms with Crippen molar-refractivity contribution in [3.63, 3.8) is 0 Å². The third-order valence-corrected chi connectivity index (χ3v) is 3.82. The lowest BCUT2D eigenvalue weighted by Crippen LogP contribution is -2.42. The van der Waals surface area contributed by atoms with Gasteiger partial charge in [0, 0.05) is 13.5 Å². The summed E-state index contributed by atoms with van der Waals surface area (Å²) in [5.74, 6) is 0.282. The molecule has 3 atom stereocenters. The average Bonchev–Trinajstić information content (AvgIpc) is 2.85. The van der Waals surface area contributed by atoms with Crippen LogP contribution in [0, 0.1) is 5.92 Å². The van der Waals surface area contributed by atoms with Gasteiger partial charge in [0.2, 0.25) is 0 Å². The molecule has 1 aliphatic heterocycles. The molecule has 0 aromatic carbocycles. The topological polar surface area (TPSA) is 55.8 Å². The predicted octanol–water partition coefficient (Wildman–Crippen LogP) is 3.37. The highest BCUT2D eigenvalue weighted by atomic mass is 16.6. The Hall–Kier alpha value is -1.26. The minimum absolute atomic E-state index is 0.00104. The van der Waals surface area contributed by atoms with Crippen LogP contribution in [0.1, 0.15) is 59.3 Å². The third-order valence-electron chi connectivity index (χ3n) is 3.82. The Labute approximate surface area is 128 Å². The SMILES string of the molecule is CC1CCCC(OC(=O)N(C)C2CCOC2=O)C1.CCC. The lowest BCUT2D eigenvalue weighted by Gasteiger charge is -2.29. The van der Waals surface area contributed by atoms with Gasteiger partial charge in [0.05, 0.1) is 6.61 Å². The predicted molar refractivity (Wildman–Crippen MR) is 81.0 cm³/mol. The van der Waals surface area contributed by atoms with E-state index in [0.717, 1.165) is 19.3 Å². The van der Waals surface area contributed by atoms with E-state index in [9.17, 15) is 9.59 Å². The van der Waals surface area contributed by atoms with Crippen LogP contribution in [-0.2, 0) is 14.3 Å². The van der Waals surface area contributed by atoms with Crippen molar-refractivity contribution in [2.24, 2.45) is 5.92 Å². The van der Waals surface area contributed by atoms with Gasteiger partial charge in [-0.05, 0) is 25.2 Å². The Kier molecular flexibility index (Phi) is 7.54. The normalized spacial score (nSPS) is 28.2. The van der Waals surface area contributed by atoms with Crippen molar-refractivity contribution in [3.05, 3.63) is 0 Å². The molecule has 2 aliphatic rings. The Morgan fingerprint density at radius 1 is 1.33 bits per heavy atom. The number of esters is 1. The zero-order valence-electron chi connectivity index (χ0n) is 13.8. The molecule has 0 aromatic heterocycles. The maximum Gasteiger partial charge on any atom is 0.410 e. The number of carbonyl (C=O) groups excluding carboxylic acids is 2. The monoisotopic (exact) mass is 299 g/mol. The molecule has 3 unspecified atom stereocenters. The molecule has 1 heterocycles. The first-order valence-corrected chi connectivity index (χ1v) is 8.09. The van der Waals surface area contributed by atoms with Gasteiger partial charge in [-0.1, -0.05) is 33.6 Å². The fourth-order valence-electron chi connectivity index (χ4n) is 2.68. The Balaban J connectivity index is 0.000000677. The molecule has 0 bridgehead atoms. The maximum absolute atomic E-state index is 11.9. The first-order valence-electron chi connectivity index (χ1n) is 8.09. The Bertz CT molecular complexity index is 345. The number of carbonyl (C=O) groups is 2. The highest BCUT2D eigenvalue weighted by Crippen LogP contribution is 2.26. The van der Waals surface area contributed by atoms with Crippen LogP contribution < -0.4 is 0 Å². The van der Waals surface area contributed by atoms with Gasteiger partial charge in [0.15, 0.2) is 0 Å². The van der Waals surface area contributed by atoms with Crippen molar-refractivity contribution in [3.8, 4) is 0 Å². The van der Waals surface area contributed by atoms with Gasteiger partial charge in [-0.25, -0.2) is 9.59 Å². The molecular weight excluding hydrogens is 270 g/mol. The number of amides is 1. The minimum Gasteiger partial charge on any atom is -0.464 e. The van der Waals surface area contributed by atoms with E-state index in [4.69, 9.17) is 9.47 Å².